The van der Waals surface area contributed by atoms with E-state index in [0.29, 0.717) is 24.1 Å². The third kappa shape index (κ3) is 3.62. The van der Waals surface area contributed by atoms with Crippen LogP contribution in [0.3, 0.4) is 0 Å². The summed E-state index contributed by atoms with van der Waals surface area (Å²) in [7, 11) is 1.59. The van der Waals surface area contributed by atoms with Crippen LogP contribution < -0.4 is 15.2 Å². The highest BCUT2D eigenvalue weighted by atomic mass is 35.5. The van der Waals surface area contributed by atoms with Gasteiger partial charge in [0.25, 0.3) is 0 Å². The average Bonchev–Trinajstić information content (AvgIpc) is 2.47. The van der Waals surface area contributed by atoms with Gasteiger partial charge in [0.05, 0.1) is 12.7 Å². The van der Waals surface area contributed by atoms with Crippen molar-refractivity contribution in [1.29, 1.82) is 0 Å². The predicted octanol–water partition coefficient (Wildman–Crippen LogP) is 2.82. The van der Waals surface area contributed by atoms with Crippen LogP contribution in [0.1, 0.15) is 11.1 Å². The minimum absolute atomic E-state index is 0.385. The number of hydrogen-bond donors (Lipinski definition) is 1. The van der Waals surface area contributed by atoms with E-state index >= 15 is 0 Å². The van der Waals surface area contributed by atoms with Crippen molar-refractivity contribution < 1.29 is 9.47 Å². The molecule has 0 aliphatic heterocycles. The van der Waals surface area contributed by atoms with Gasteiger partial charge in [0.15, 0.2) is 0 Å². The fourth-order valence-corrected chi connectivity index (χ4v) is 2.11. The van der Waals surface area contributed by atoms with Gasteiger partial charge in [0.1, 0.15) is 12.4 Å². The molecule has 0 radical (unpaired) electrons. The lowest BCUT2D eigenvalue weighted by molar-refractivity contribution is 0.291. The molecule has 5 heteroatoms. The van der Waals surface area contributed by atoms with Crippen molar-refractivity contribution in [1.82, 2.24) is 4.98 Å². The molecule has 1 heterocycles. The maximum absolute atomic E-state index is 5.99. The number of aromatic nitrogens is 1. The van der Waals surface area contributed by atoms with Crippen LogP contribution in [-0.2, 0) is 13.0 Å². The van der Waals surface area contributed by atoms with Crippen LogP contribution in [0.4, 0.5) is 0 Å². The summed E-state index contributed by atoms with van der Waals surface area (Å²) in [5.74, 6) is 1.35. The monoisotopic (exact) mass is 292 g/mol. The van der Waals surface area contributed by atoms with E-state index in [9.17, 15) is 0 Å². The zero-order chi connectivity index (χ0) is 14.4. The molecule has 20 heavy (non-hydrogen) atoms. The van der Waals surface area contributed by atoms with Crippen LogP contribution in [0, 0.1) is 0 Å². The smallest absolute Gasteiger partial charge is 0.219 e. The van der Waals surface area contributed by atoms with Crippen LogP contribution in [-0.4, -0.2) is 18.6 Å². The summed E-state index contributed by atoms with van der Waals surface area (Å²) in [5, 5.41) is 0.680. The van der Waals surface area contributed by atoms with E-state index in [-0.39, 0.29) is 0 Å². The van der Waals surface area contributed by atoms with Gasteiger partial charge in [-0.05, 0) is 48.9 Å². The van der Waals surface area contributed by atoms with Crippen molar-refractivity contribution in [3.8, 4) is 11.6 Å². The van der Waals surface area contributed by atoms with Gasteiger partial charge in [-0.2, -0.15) is 0 Å². The molecule has 0 spiro atoms. The van der Waals surface area contributed by atoms with Crippen LogP contribution in [0.5, 0.6) is 11.6 Å². The number of hydrogen-bond acceptors (Lipinski definition) is 4. The molecule has 2 aromatic rings. The lowest BCUT2D eigenvalue weighted by Crippen LogP contribution is -2.06. The van der Waals surface area contributed by atoms with Crippen molar-refractivity contribution in [2.45, 2.75) is 13.0 Å². The van der Waals surface area contributed by atoms with Gasteiger partial charge in [0.2, 0.25) is 5.88 Å². The quantitative estimate of drug-likeness (QED) is 0.889. The first-order chi connectivity index (χ1) is 9.74. The molecule has 2 N–H and O–H groups in total. The maximum Gasteiger partial charge on any atom is 0.219 e. The lowest BCUT2D eigenvalue weighted by Gasteiger charge is -2.12. The highest BCUT2D eigenvalue weighted by Gasteiger charge is 2.08. The first-order valence-corrected chi connectivity index (χ1v) is 6.71. The second-order valence-electron chi connectivity index (χ2n) is 4.25. The Bertz CT molecular complexity index is 576. The summed E-state index contributed by atoms with van der Waals surface area (Å²) in [6.07, 6.45) is 2.41. The van der Waals surface area contributed by atoms with Crippen molar-refractivity contribution in [2.75, 3.05) is 13.7 Å². The summed E-state index contributed by atoms with van der Waals surface area (Å²) in [5.41, 5.74) is 7.50. The molecule has 0 aliphatic carbocycles. The lowest BCUT2D eigenvalue weighted by atomic mass is 10.1. The van der Waals surface area contributed by atoms with E-state index in [4.69, 9.17) is 26.8 Å². The molecule has 106 valence electrons. The van der Waals surface area contributed by atoms with Crippen molar-refractivity contribution in [3.05, 3.63) is 52.7 Å². The third-order valence-corrected chi connectivity index (χ3v) is 3.10. The number of halogens is 1. The van der Waals surface area contributed by atoms with Crippen LogP contribution in [0.25, 0.3) is 0 Å². The Morgan fingerprint density at radius 3 is 2.85 bits per heavy atom. The molecule has 4 nitrogen and oxygen atoms in total. The Kier molecular flexibility index (Phi) is 5.21. The Labute approximate surface area is 123 Å². The summed E-state index contributed by atoms with van der Waals surface area (Å²) >= 11 is 5.99. The average molecular weight is 293 g/mol. The van der Waals surface area contributed by atoms with Crippen LogP contribution >= 0.6 is 11.6 Å². The number of benzene rings is 1. The van der Waals surface area contributed by atoms with Crippen molar-refractivity contribution >= 4 is 11.6 Å². The minimum atomic E-state index is 0.385. The molecule has 1 aromatic carbocycles. The second-order valence-corrected chi connectivity index (χ2v) is 4.69. The normalized spacial score (nSPS) is 10.3. The third-order valence-electron chi connectivity index (χ3n) is 2.86. The number of rotatable bonds is 6. The molecule has 0 saturated heterocycles. The van der Waals surface area contributed by atoms with E-state index in [0.717, 1.165) is 23.3 Å². The molecule has 0 atom stereocenters. The Hall–Kier alpha value is -1.78. The first-order valence-electron chi connectivity index (χ1n) is 6.33. The van der Waals surface area contributed by atoms with Gasteiger partial charge < -0.3 is 15.2 Å². The van der Waals surface area contributed by atoms with Gasteiger partial charge >= 0.3 is 0 Å². The Morgan fingerprint density at radius 2 is 2.10 bits per heavy atom. The number of nitrogens with zero attached hydrogens (tertiary/aromatic N) is 1. The molecule has 0 amide bonds. The zero-order valence-corrected chi connectivity index (χ0v) is 12.1. The van der Waals surface area contributed by atoms with Crippen molar-refractivity contribution in [3.63, 3.8) is 0 Å². The van der Waals surface area contributed by atoms with E-state index in [1.165, 1.54) is 0 Å². The number of pyridine rings is 1. The van der Waals surface area contributed by atoms with Gasteiger partial charge in [-0.1, -0.05) is 11.6 Å². The first kappa shape index (κ1) is 14.6. The molecule has 1 aromatic heterocycles. The number of ether oxygens (including phenoxy) is 2. The molecule has 0 unspecified atom stereocenters. The molecular weight excluding hydrogens is 276 g/mol. The largest absolute Gasteiger partial charge is 0.488 e. The topological polar surface area (TPSA) is 57.4 Å². The van der Waals surface area contributed by atoms with E-state index < -0.39 is 0 Å². The minimum Gasteiger partial charge on any atom is -0.488 e. The van der Waals surface area contributed by atoms with Crippen molar-refractivity contribution in [2.24, 2.45) is 5.73 Å². The standard InChI is InChI=1S/C15H17ClN2O2/c1-19-15-12(3-2-8-18-15)10-20-14-5-4-13(16)9-11(14)6-7-17/h2-5,8-9H,6-7,10,17H2,1H3. The molecule has 0 saturated carbocycles. The predicted molar refractivity (Wildman–Crippen MR) is 79.3 cm³/mol. The fourth-order valence-electron chi connectivity index (χ4n) is 1.91. The van der Waals surface area contributed by atoms with Crippen LogP contribution in [0.15, 0.2) is 36.5 Å². The Morgan fingerprint density at radius 1 is 1.25 bits per heavy atom. The highest BCUT2D eigenvalue weighted by molar-refractivity contribution is 6.30. The molecule has 0 fully saturated rings. The van der Waals surface area contributed by atoms with E-state index in [2.05, 4.69) is 4.98 Å². The van der Waals surface area contributed by atoms with Gasteiger partial charge in [-0.3, -0.25) is 0 Å². The van der Waals surface area contributed by atoms with E-state index in [1.54, 1.807) is 19.4 Å². The summed E-state index contributed by atoms with van der Waals surface area (Å²) in [4.78, 5) is 4.14. The molecule has 0 bridgehead atoms. The summed E-state index contributed by atoms with van der Waals surface area (Å²) in [6, 6.07) is 9.31. The van der Waals surface area contributed by atoms with Gasteiger partial charge in [0, 0.05) is 11.2 Å². The maximum atomic E-state index is 5.99. The number of methoxy groups -OCH3 is 1. The SMILES string of the molecule is COc1ncccc1COc1ccc(Cl)cc1CCN. The molecule has 0 aliphatic rings. The van der Waals surface area contributed by atoms with E-state index in [1.807, 2.05) is 24.3 Å². The Balaban J connectivity index is 2.14. The summed E-state index contributed by atoms with van der Waals surface area (Å²) < 4.78 is 11.0. The second kappa shape index (κ2) is 7.12. The van der Waals surface area contributed by atoms with Gasteiger partial charge in [-0.15, -0.1) is 0 Å². The summed E-state index contributed by atoms with van der Waals surface area (Å²) in [6.45, 7) is 0.934. The number of nitrogens with two attached hydrogens (primary N) is 1. The fraction of sp³-hybridized carbons (Fsp3) is 0.267. The zero-order valence-electron chi connectivity index (χ0n) is 11.3. The van der Waals surface area contributed by atoms with Crippen LogP contribution in [0.2, 0.25) is 5.02 Å². The van der Waals surface area contributed by atoms with Gasteiger partial charge in [-0.25, -0.2) is 4.98 Å². The molecular formula is C15H17ClN2O2. The highest BCUT2D eigenvalue weighted by Crippen LogP contribution is 2.25. The molecule has 2 rings (SSSR count).